The highest BCUT2D eigenvalue weighted by atomic mass is 31.2. The first-order valence-electron chi connectivity index (χ1n) is 19.6. The van der Waals surface area contributed by atoms with Crippen molar-refractivity contribution in [3.05, 3.63) is 24.3 Å². The lowest BCUT2D eigenvalue weighted by molar-refractivity contribution is -0.131. The van der Waals surface area contributed by atoms with Gasteiger partial charge in [-0.2, -0.15) is 0 Å². The van der Waals surface area contributed by atoms with Crippen LogP contribution in [-0.4, -0.2) is 59.0 Å². The molecule has 2 unspecified atom stereocenters. The number of aliphatic hydroxyl groups excluding tert-OH is 2. The number of nitrogens with two attached hydrogens (primary N) is 1. The number of hydrogen-bond donors (Lipinski definition) is 5. The summed E-state index contributed by atoms with van der Waals surface area (Å²) in [6.45, 7) is 3.87. The van der Waals surface area contributed by atoms with E-state index in [1.54, 1.807) is 6.08 Å². The lowest BCUT2D eigenvalue weighted by Crippen LogP contribution is -2.49. The van der Waals surface area contributed by atoms with Gasteiger partial charge in [-0.25, -0.2) is 4.57 Å². The Hall–Kier alpha value is -1.06. The molecule has 0 aromatic heterocycles. The Kier molecular flexibility index (Phi) is 33.6. The van der Waals surface area contributed by atoms with Gasteiger partial charge in [0.15, 0.2) is 0 Å². The highest BCUT2D eigenvalue weighted by Gasteiger charge is 2.28. The molecule has 0 aliphatic carbocycles. The summed E-state index contributed by atoms with van der Waals surface area (Å²) in [7, 11) is -4.40. The molecule has 4 atom stereocenters. The van der Waals surface area contributed by atoms with Crippen molar-refractivity contribution in [2.24, 2.45) is 5.73 Å². The Morgan fingerprint density at radius 3 is 1.60 bits per heavy atom. The number of unbranched alkanes of at least 4 members (excludes halogenated alkanes) is 21. The molecular weight excluding hydrogens is 627 g/mol. The Bertz CT molecular complexity index is 827. The zero-order valence-electron chi connectivity index (χ0n) is 30.8. The van der Waals surface area contributed by atoms with Crippen LogP contribution in [0.3, 0.4) is 0 Å². The van der Waals surface area contributed by atoms with Crippen molar-refractivity contribution in [3.63, 3.8) is 0 Å². The van der Waals surface area contributed by atoms with Crippen LogP contribution in [0.4, 0.5) is 0 Å². The van der Waals surface area contributed by atoms with Gasteiger partial charge in [-0.15, -0.1) is 0 Å². The van der Waals surface area contributed by atoms with Crippen LogP contribution in [0, 0.1) is 0 Å². The van der Waals surface area contributed by atoms with Crippen LogP contribution >= 0.6 is 7.82 Å². The van der Waals surface area contributed by atoms with Crippen LogP contribution in [-0.2, 0) is 18.4 Å². The molecule has 0 fully saturated rings. The minimum absolute atomic E-state index is 0.0431. The van der Waals surface area contributed by atoms with Gasteiger partial charge in [0.1, 0.15) is 6.10 Å². The van der Waals surface area contributed by atoms with Gasteiger partial charge in [0, 0.05) is 6.54 Å². The molecule has 0 bridgehead atoms. The molecule has 0 aliphatic heterocycles. The summed E-state index contributed by atoms with van der Waals surface area (Å²) in [5.74, 6) is -0.639. The van der Waals surface area contributed by atoms with Crippen molar-refractivity contribution in [2.45, 2.75) is 193 Å². The molecule has 0 aromatic rings. The Morgan fingerprint density at radius 1 is 0.688 bits per heavy atom. The molecule has 0 aliphatic rings. The summed E-state index contributed by atoms with van der Waals surface area (Å²) in [5, 5.41) is 23.8. The number of nitrogens with one attached hydrogen (secondary N) is 1. The highest BCUT2D eigenvalue weighted by molar-refractivity contribution is 7.47. The lowest BCUT2D eigenvalue weighted by atomic mass is 10.0. The minimum Gasteiger partial charge on any atom is -0.387 e. The summed E-state index contributed by atoms with van der Waals surface area (Å²) in [6.07, 6.45) is 34.5. The van der Waals surface area contributed by atoms with E-state index in [0.717, 1.165) is 44.9 Å². The quantitative estimate of drug-likeness (QED) is 0.0246. The Balaban J connectivity index is 4.31. The van der Waals surface area contributed by atoms with E-state index >= 15 is 0 Å². The number of phosphoric ester groups is 1. The number of rotatable bonds is 36. The number of allylic oxidation sites excluding steroid dienone is 3. The first-order chi connectivity index (χ1) is 23.3. The molecule has 10 heteroatoms. The van der Waals surface area contributed by atoms with Gasteiger partial charge in [0.05, 0.1) is 25.4 Å². The minimum atomic E-state index is -4.40. The summed E-state index contributed by atoms with van der Waals surface area (Å²) < 4.78 is 21.9. The number of amides is 1. The van der Waals surface area contributed by atoms with Gasteiger partial charge in [-0.3, -0.25) is 13.8 Å². The smallest absolute Gasteiger partial charge is 0.387 e. The second-order valence-corrected chi connectivity index (χ2v) is 14.7. The molecule has 0 rings (SSSR count). The van der Waals surface area contributed by atoms with Gasteiger partial charge in [0.2, 0.25) is 5.91 Å². The molecule has 284 valence electrons. The zero-order chi connectivity index (χ0) is 35.6. The Labute approximate surface area is 294 Å². The van der Waals surface area contributed by atoms with Crippen LogP contribution in [0.1, 0.15) is 174 Å². The number of aliphatic hydroxyl groups is 2. The largest absolute Gasteiger partial charge is 0.472 e. The van der Waals surface area contributed by atoms with E-state index in [1.807, 2.05) is 6.08 Å². The van der Waals surface area contributed by atoms with E-state index in [1.165, 1.54) is 109 Å². The third kappa shape index (κ3) is 31.0. The predicted octanol–water partition coefficient (Wildman–Crippen LogP) is 9.19. The number of carbonyl (C=O) groups is 1. The summed E-state index contributed by atoms with van der Waals surface area (Å²) >= 11 is 0. The molecule has 0 saturated heterocycles. The van der Waals surface area contributed by atoms with Gasteiger partial charge >= 0.3 is 7.82 Å². The van der Waals surface area contributed by atoms with E-state index in [2.05, 4.69) is 31.3 Å². The fraction of sp³-hybridized carbons (Fsp3) is 0.868. The van der Waals surface area contributed by atoms with E-state index in [-0.39, 0.29) is 13.2 Å². The molecular formula is C38H75N2O7P. The fourth-order valence-electron chi connectivity index (χ4n) is 5.54. The van der Waals surface area contributed by atoms with E-state index in [9.17, 15) is 24.5 Å². The van der Waals surface area contributed by atoms with Crippen molar-refractivity contribution >= 4 is 13.7 Å². The standard InChI is InChI=1S/C38H75N2O7P/c1-3-5-7-9-11-13-14-15-16-17-18-19-20-21-23-25-27-29-31-37(42)38(43)40-35(34-47-48(44,45)46-33-32-39)36(41)30-28-26-24-22-12-10-8-6-4-2/h15-16,28,30,35-37,41-42H,3-14,17-27,29,31-34,39H2,1-2H3,(H,40,43)(H,44,45)/b16-15-,30-28+/t35-,36+,37?/m0/s1. The lowest BCUT2D eigenvalue weighted by Gasteiger charge is -2.24. The van der Waals surface area contributed by atoms with Crippen molar-refractivity contribution in [3.8, 4) is 0 Å². The van der Waals surface area contributed by atoms with Crippen LogP contribution in [0.15, 0.2) is 24.3 Å². The molecule has 6 N–H and O–H groups in total. The summed E-state index contributed by atoms with van der Waals surface area (Å²) in [6, 6.07) is -1.03. The normalized spacial score (nSPS) is 15.2. The van der Waals surface area contributed by atoms with Crippen molar-refractivity contribution < 1.29 is 33.5 Å². The van der Waals surface area contributed by atoms with E-state index in [0.29, 0.717) is 6.42 Å². The molecule has 9 nitrogen and oxygen atoms in total. The maximum Gasteiger partial charge on any atom is 0.472 e. The maximum absolute atomic E-state index is 12.8. The van der Waals surface area contributed by atoms with Crippen molar-refractivity contribution in [1.82, 2.24) is 5.32 Å². The second kappa shape index (κ2) is 34.4. The van der Waals surface area contributed by atoms with Gasteiger partial charge < -0.3 is 26.2 Å². The summed E-state index contributed by atoms with van der Waals surface area (Å²) in [5.41, 5.74) is 5.33. The van der Waals surface area contributed by atoms with Crippen molar-refractivity contribution in [2.75, 3.05) is 19.8 Å². The van der Waals surface area contributed by atoms with Crippen LogP contribution < -0.4 is 11.1 Å². The number of hydrogen-bond acceptors (Lipinski definition) is 7. The SMILES string of the molecule is CCCCCCCC/C=C\CCCCCCCCCCC(O)C(=O)N[C@@H](COP(=O)(O)OCCN)[C@H](O)/C=C/CCCCCCCCC. The van der Waals surface area contributed by atoms with E-state index < -0.39 is 38.6 Å². The molecule has 0 radical (unpaired) electrons. The van der Waals surface area contributed by atoms with Crippen LogP contribution in [0.25, 0.3) is 0 Å². The van der Waals surface area contributed by atoms with Crippen molar-refractivity contribution in [1.29, 1.82) is 0 Å². The van der Waals surface area contributed by atoms with Gasteiger partial charge in [0.25, 0.3) is 0 Å². The first kappa shape index (κ1) is 46.9. The third-order valence-corrected chi connectivity index (χ3v) is 9.61. The molecule has 48 heavy (non-hydrogen) atoms. The van der Waals surface area contributed by atoms with Gasteiger partial charge in [-0.1, -0.05) is 154 Å². The predicted molar refractivity (Wildman–Crippen MR) is 200 cm³/mol. The molecule has 0 saturated carbocycles. The molecule has 1 amide bonds. The number of carbonyl (C=O) groups excluding carboxylic acids is 1. The average molecular weight is 703 g/mol. The molecule has 0 heterocycles. The zero-order valence-corrected chi connectivity index (χ0v) is 31.7. The highest BCUT2D eigenvalue weighted by Crippen LogP contribution is 2.43. The van der Waals surface area contributed by atoms with Crippen LogP contribution in [0.5, 0.6) is 0 Å². The second-order valence-electron chi connectivity index (χ2n) is 13.3. The number of phosphoric acid groups is 1. The van der Waals surface area contributed by atoms with E-state index in [4.69, 9.17) is 14.8 Å². The topological polar surface area (TPSA) is 151 Å². The summed E-state index contributed by atoms with van der Waals surface area (Å²) in [4.78, 5) is 22.6. The monoisotopic (exact) mass is 703 g/mol. The van der Waals surface area contributed by atoms with Crippen LogP contribution in [0.2, 0.25) is 0 Å². The molecule has 0 aromatic carbocycles. The first-order valence-corrected chi connectivity index (χ1v) is 21.1. The Morgan fingerprint density at radius 2 is 1.12 bits per heavy atom. The molecule has 0 spiro atoms. The average Bonchev–Trinajstić information content (AvgIpc) is 3.07. The maximum atomic E-state index is 12.8. The fourth-order valence-corrected chi connectivity index (χ4v) is 6.30. The third-order valence-electron chi connectivity index (χ3n) is 8.63. The van der Waals surface area contributed by atoms with Gasteiger partial charge in [-0.05, 0) is 44.9 Å².